The number of urea groups is 1. The van der Waals surface area contributed by atoms with Crippen LogP contribution in [0.3, 0.4) is 0 Å². The SMILES string of the molecule is CCc1ccc(N2C(=O)NC(c3cccc(OC)c3)C(c3nc(-c4ccc(C)cc4)no3)=C2C)cc1. The third-order valence-electron chi connectivity index (χ3n) is 6.48. The van der Waals surface area contributed by atoms with Crippen molar-refractivity contribution in [2.24, 2.45) is 0 Å². The quantitative estimate of drug-likeness (QED) is 0.349. The number of carbonyl (C=O) groups is 1. The first-order valence-electron chi connectivity index (χ1n) is 11.9. The second-order valence-corrected chi connectivity index (χ2v) is 8.80. The minimum atomic E-state index is -0.495. The molecule has 4 aromatic rings. The van der Waals surface area contributed by atoms with Gasteiger partial charge in [0.25, 0.3) is 5.89 Å². The van der Waals surface area contributed by atoms with Gasteiger partial charge in [0.05, 0.1) is 24.4 Å². The fourth-order valence-corrected chi connectivity index (χ4v) is 4.44. The van der Waals surface area contributed by atoms with Crippen LogP contribution in [0.25, 0.3) is 17.0 Å². The van der Waals surface area contributed by atoms with Gasteiger partial charge in [-0.1, -0.05) is 66.2 Å². The molecule has 1 aliphatic rings. The molecule has 0 spiro atoms. The lowest BCUT2D eigenvalue weighted by atomic mass is 9.94. The molecule has 5 rings (SSSR count). The van der Waals surface area contributed by atoms with Crippen molar-refractivity contribution < 1.29 is 14.1 Å². The highest BCUT2D eigenvalue weighted by Crippen LogP contribution is 2.39. The Labute approximate surface area is 210 Å². The first-order chi connectivity index (χ1) is 17.5. The molecule has 3 aromatic carbocycles. The average molecular weight is 481 g/mol. The Morgan fingerprint density at radius 1 is 1.03 bits per heavy atom. The Morgan fingerprint density at radius 2 is 1.78 bits per heavy atom. The molecular formula is C29H28N4O3. The largest absolute Gasteiger partial charge is 0.497 e. The number of nitrogens with one attached hydrogen (secondary N) is 1. The number of ether oxygens (including phenoxy) is 1. The maximum absolute atomic E-state index is 13.4. The summed E-state index contributed by atoms with van der Waals surface area (Å²) in [5.74, 6) is 1.54. The van der Waals surface area contributed by atoms with Crippen LogP contribution in [0, 0.1) is 6.92 Å². The normalized spacial score (nSPS) is 15.7. The van der Waals surface area contributed by atoms with Crippen molar-refractivity contribution in [2.45, 2.75) is 33.2 Å². The summed E-state index contributed by atoms with van der Waals surface area (Å²) in [4.78, 5) is 19.8. The summed E-state index contributed by atoms with van der Waals surface area (Å²) in [6.45, 7) is 6.04. The van der Waals surface area contributed by atoms with Crippen LogP contribution in [-0.2, 0) is 6.42 Å². The number of allylic oxidation sites excluding steroid dienone is 1. The van der Waals surface area contributed by atoms with Crippen LogP contribution in [-0.4, -0.2) is 23.3 Å². The van der Waals surface area contributed by atoms with E-state index in [-0.39, 0.29) is 6.03 Å². The van der Waals surface area contributed by atoms with E-state index < -0.39 is 6.04 Å². The Morgan fingerprint density at radius 3 is 2.47 bits per heavy atom. The van der Waals surface area contributed by atoms with Gasteiger partial charge < -0.3 is 14.6 Å². The highest BCUT2D eigenvalue weighted by atomic mass is 16.5. The molecule has 182 valence electrons. The molecule has 1 N–H and O–H groups in total. The van der Waals surface area contributed by atoms with Crippen LogP contribution < -0.4 is 15.0 Å². The summed E-state index contributed by atoms with van der Waals surface area (Å²) in [7, 11) is 1.62. The Hall–Kier alpha value is -4.39. The first-order valence-corrected chi connectivity index (χ1v) is 11.9. The molecule has 2 heterocycles. The van der Waals surface area contributed by atoms with Crippen molar-refractivity contribution >= 4 is 17.3 Å². The lowest BCUT2D eigenvalue weighted by Gasteiger charge is -2.35. The van der Waals surface area contributed by atoms with Crippen LogP contribution in [0.15, 0.2) is 83.0 Å². The van der Waals surface area contributed by atoms with Crippen molar-refractivity contribution in [3.8, 4) is 17.1 Å². The van der Waals surface area contributed by atoms with Crippen molar-refractivity contribution in [1.29, 1.82) is 0 Å². The third kappa shape index (κ3) is 4.35. The molecule has 0 aliphatic carbocycles. The lowest BCUT2D eigenvalue weighted by Crippen LogP contribution is -2.46. The van der Waals surface area contributed by atoms with Crippen molar-refractivity contribution in [3.05, 3.63) is 101 Å². The van der Waals surface area contributed by atoms with E-state index in [1.165, 1.54) is 5.56 Å². The van der Waals surface area contributed by atoms with Crippen molar-refractivity contribution in [3.63, 3.8) is 0 Å². The minimum absolute atomic E-state index is 0.230. The summed E-state index contributed by atoms with van der Waals surface area (Å²) >= 11 is 0. The number of carbonyl (C=O) groups excluding carboxylic acids is 1. The summed E-state index contributed by atoms with van der Waals surface area (Å²) in [5.41, 5.74) is 6.28. The van der Waals surface area contributed by atoms with Crippen LogP contribution in [0.1, 0.15) is 42.5 Å². The summed E-state index contributed by atoms with van der Waals surface area (Å²) in [6, 6.07) is 22.8. The second-order valence-electron chi connectivity index (χ2n) is 8.80. The van der Waals surface area contributed by atoms with Gasteiger partial charge in [0.15, 0.2) is 0 Å². The minimum Gasteiger partial charge on any atom is -0.497 e. The predicted octanol–water partition coefficient (Wildman–Crippen LogP) is 6.32. The van der Waals surface area contributed by atoms with E-state index in [1.54, 1.807) is 12.0 Å². The molecule has 0 saturated carbocycles. The van der Waals surface area contributed by atoms with Gasteiger partial charge in [-0.2, -0.15) is 4.98 Å². The van der Waals surface area contributed by atoms with Gasteiger partial charge in [-0.15, -0.1) is 0 Å². The number of benzene rings is 3. The topological polar surface area (TPSA) is 80.5 Å². The molecule has 0 saturated heterocycles. The fourth-order valence-electron chi connectivity index (χ4n) is 4.44. The van der Waals surface area contributed by atoms with Gasteiger partial charge in [-0.25, -0.2) is 4.79 Å². The Kier molecular flexibility index (Phi) is 6.29. The average Bonchev–Trinajstić information content (AvgIpc) is 3.39. The van der Waals surface area contributed by atoms with E-state index in [1.807, 2.05) is 86.6 Å². The number of anilines is 1. The molecule has 1 atom stereocenters. The number of amides is 2. The first kappa shape index (κ1) is 23.4. The van der Waals surface area contributed by atoms with Crippen LogP contribution >= 0.6 is 0 Å². The number of rotatable bonds is 6. The molecule has 0 fully saturated rings. The molecule has 36 heavy (non-hydrogen) atoms. The van der Waals surface area contributed by atoms with E-state index in [2.05, 4.69) is 17.4 Å². The molecule has 1 aliphatic heterocycles. The van der Waals surface area contributed by atoms with Crippen molar-refractivity contribution in [2.75, 3.05) is 12.0 Å². The van der Waals surface area contributed by atoms with E-state index >= 15 is 0 Å². The molecule has 7 nitrogen and oxygen atoms in total. The number of hydrogen-bond donors (Lipinski definition) is 1. The maximum Gasteiger partial charge on any atom is 0.326 e. The Bertz CT molecular complexity index is 1420. The molecular weight excluding hydrogens is 452 g/mol. The number of aromatic nitrogens is 2. The standard InChI is InChI=1S/C29H28N4O3/c1-5-20-11-15-23(16-12-20)33-19(3)25(26(30-29(33)34)22-7-6-8-24(17-22)35-4)28-31-27(32-36-28)21-13-9-18(2)10-14-21/h6-17,26H,5H2,1-4H3,(H,30,34). The van der Waals surface area contributed by atoms with E-state index in [9.17, 15) is 4.79 Å². The van der Waals surface area contributed by atoms with E-state index in [0.717, 1.165) is 40.1 Å². The highest BCUT2D eigenvalue weighted by molar-refractivity contribution is 6.01. The number of hydrogen-bond acceptors (Lipinski definition) is 5. The Balaban J connectivity index is 1.64. The van der Waals surface area contributed by atoms with Gasteiger partial charge in [-0.3, -0.25) is 4.90 Å². The molecule has 2 amide bonds. The zero-order valence-electron chi connectivity index (χ0n) is 20.8. The van der Waals surface area contributed by atoms with E-state index in [4.69, 9.17) is 14.2 Å². The molecule has 1 unspecified atom stereocenters. The zero-order chi connectivity index (χ0) is 25.2. The van der Waals surface area contributed by atoms with Crippen LogP contribution in [0.4, 0.5) is 10.5 Å². The van der Waals surface area contributed by atoms with Gasteiger partial charge in [0.1, 0.15) is 5.75 Å². The second kappa shape index (κ2) is 9.70. The van der Waals surface area contributed by atoms with Crippen LogP contribution in [0.5, 0.6) is 5.75 Å². The van der Waals surface area contributed by atoms with Crippen molar-refractivity contribution in [1.82, 2.24) is 15.5 Å². The predicted molar refractivity (Wildman–Crippen MR) is 140 cm³/mol. The molecule has 0 bridgehead atoms. The fraction of sp³-hybridized carbons (Fsp3) is 0.207. The lowest BCUT2D eigenvalue weighted by molar-refractivity contribution is 0.244. The zero-order valence-corrected chi connectivity index (χ0v) is 20.8. The monoisotopic (exact) mass is 480 g/mol. The smallest absolute Gasteiger partial charge is 0.326 e. The highest BCUT2D eigenvalue weighted by Gasteiger charge is 2.36. The molecule has 1 aromatic heterocycles. The van der Waals surface area contributed by atoms with Gasteiger partial charge in [0, 0.05) is 11.3 Å². The molecule has 7 heteroatoms. The third-order valence-corrected chi connectivity index (χ3v) is 6.48. The number of aryl methyl sites for hydroxylation is 2. The van der Waals surface area contributed by atoms with Gasteiger partial charge in [0.2, 0.25) is 5.82 Å². The number of methoxy groups -OCH3 is 1. The maximum atomic E-state index is 13.4. The summed E-state index contributed by atoms with van der Waals surface area (Å²) in [5, 5.41) is 7.39. The summed E-state index contributed by atoms with van der Waals surface area (Å²) < 4.78 is 11.2. The summed E-state index contributed by atoms with van der Waals surface area (Å²) in [6.07, 6.45) is 0.925. The van der Waals surface area contributed by atoms with Crippen LogP contribution in [0.2, 0.25) is 0 Å². The molecule has 0 radical (unpaired) electrons. The van der Waals surface area contributed by atoms with Gasteiger partial charge >= 0.3 is 6.03 Å². The van der Waals surface area contributed by atoms with E-state index in [0.29, 0.717) is 17.5 Å². The number of nitrogens with zero attached hydrogens (tertiary/aromatic N) is 3. The van der Waals surface area contributed by atoms with Gasteiger partial charge in [-0.05, 0) is 55.7 Å².